The van der Waals surface area contributed by atoms with Gasteiger partial charge in [0.25, 0.3) is 5.56 Å². The number of thiazole rings is 1. The number of benzene rings is 2. The zero-order chi connectivity index (χ0) is 17.6. The topological polar surface area (TPSA) is 56.9 Å². The molecule has 0 unspecified atom stereocenters. The van der Waals surface area contributed by atoms with Gasteiger partial charge in [0.15, 0.2) is 0 Å². The van der Waals surface area contributed by atoms with Crippen LogP contribution in [0.1, 0.15) is 10.6 Å². The van der Waals surface area contributed by atoms with Gasteiger partial charge < -0.3 is 4.57 Å². The third-order valence-corrected chi connectivity index (χ3v) is 5.16. The molecule has 2 aromatic carbocycles. The van der Waals surface area contributed by atoms with E-state index < -0.39 is 0 Å². The van der Waals surface area contributed by atoms with E-state index in [4.69, 9.17) is 4.98 Å². The zero-order valence-electron chi connectivity index (χ0n) is 13.8. The van der Waals surface area contributed by atoms with E-state index in [1.165, 1.54) is 11.6 Å². The Morgan fingerprint density at radius 3 is 2.68 bits per heavy atom. The van der Waals surface area contributed by atoms with Gasteiger partial charge in [-0.2, -0.15) is 0 Å². The molecule has 6 heteroatoms. The van der Waals surface area contributed by atoms with Crippen molar-refractivity contribution in [1.82, 2.24) is 14.1 Å². The molecule has 0 amide bonds. The lowest BCUT2D eigenvalue weighted by Crippen LogP contribution is -2.37. The molecule has 0 atom stereocenters. The van der Waals surface area contributed by atoms with Crippen LogP contribution in [0, 0.1) is 0 Å². The fourth-order valence-corrected chi connectivity index (χ4v) is 3.75. The molecule has 4 rings (SSSR count). The molecule has 0 N–H and O–H groups in total. The summed E-state index contributed by atoms with van der Waals surface area (Å²) in [6.07, 6.45) is 5.08. The average molecular weight is 349 g/mol. The van der Waals surface area contributed by atoms with Crippen molar-refractivity contribution in [2.24, 2.45) is 14.1 Å². The van der Waals surface area contributed by atoms with Crippen molar-refractivity contribution in [3.63, 3.8) is 0 Å². The molecule has 4 aromatic rings. The highest BCUT2D eigenvalue weighted by Gasteiger charge is 2.07. The second-order valence-electron chi connectivity index (χ2n) is 5.86. The first-order chi connectivity index (χ1) is 12.0. The lowest BCUT2D eigenvalue weighted by Gasteiger charge is -2.02. The Balaban J connectivity index is 1.81. The molecule has 0 aliphatic heterocycles. The highest BCUT2D eigenvalue weighted by Crippen LogP contribution is 2.29. The summed E-state index contributed by atoms with van der Waals surface area (Å²) in [5.41, 5.74) is 0.768. The molecule has 0 aliphatic carbocycles. The van der Waals surface area contributed by atoms with Crippen molar-refractivity contribution >= 4 is 44.5 Å². The molecule has 2 aromatic heterocycles. The predicted octanol–water partition coefficient (Wildman–Crippen LogP) is 3.02. The van der Waals surface area contributed by atoms with Gasteiger partial charge in [-0.3, -0.25) is 9.36 Å². The zero-order valence-corrected chi connectivity index (χ0v) is 14.6. The van der Waals surface area contributed by atoms with Crippen LogP contribution < -0.4 is 11.2 Å². The highest BCUT2D eigenvalue weighted by molar-refractivity contribution is 7.19. The molecule has 0 saturated carbocycles. The van der Waals surface area contributed by atoms with Crippen LogP contribution in [0.2, 0.25) is 0 Å². The average Bonchev–Trinajstić information content (AvgIpc) is 3.05. The van der Waals surface area contributed by atoms with Crippen molar-refractivity contribution in [1.29, 1.82) is 0 Å². The van der Waals surface area contributed by atoms with Crippen LogP contribution in [0.5, 0.6) is 0 Å². The molecule has 0 aliphatic rings. The Morgan fingerprint density at radius 2 is 1.84 bits per heavy atom. The molecule has 25 heavy (non-hydrogen) atoms. The lowest BCUT2D eigenvalue weighted by atomic mass is 10.1. The number of rotatable bonds is 2. The first-order valence-corrected chi connectivity index (χ1v) is 8.59. The summed E-state index contributed by atoms with van der Waals surface area (Å²) in [6.45, 7) is 0. The van der Waals surface area contributed by atoms with Crippen molar-refractivity contribution in [2.45, 2.75) is 0 Å². The van der Waals surface area contributed by atoms with E-state index in [2.05, 4.69) is 24.3 Å². The van der Waals surface area contributed by atoms with Crippen LogP contribution >= 0.6 is 11.3 Å². The van der Waals surface area contributed by atoms with Crippen LogP contribution in [-0.4, -0.2) is 14.1 Å². The Morgan fingerprint density at radius 1 is 1.04 bits per heavy atom. The molecular formula is C19H15N3O2S. The maximum Gasteiger partial charge on any atom is 0.330 e. The summed E-state index contributed by atoms with van der Waals surface area (Å²) in [5.74, 6) is 0. The van der Waals surface area contributed by atoms with Gasteiger partial charge in [0.2, 0.25) is 0 Å². The van der Waals surface area contributed by atoms with E-state index in [-0.39, 0.29) is 11.2 Å². The summed E-state index contributed by atoms with van der Waals surface area (Å²) in [6, 6.07) is 12.3. The second kappa shape index (κ2) is 5.82. The van der Waals surface area contributed by atoms with Gasteiger partial charge in [-0.1, -0.05) is 30.3 Å². The third-order valence-electron chi connectivity index (χ3n) is 4.18. The minimum Gasteiger partial charge on any atom is -0.303 e. The normalized spacial score (nSPS) is 11.8. The van der Waals surface area contributed by atoms with Crippen LogP contribution in [0.15, 0.2) is 52.2 Å². The Kier molecular flexibility index (Phi) is 3.62. The molecule has 0 bridgehead atoms. The Labute approximate surface area is 147 Å². The van der Waals surface area contributed by atoms with Gasteiger partial charge in [-0.25, -0.2) is 9.78 Å². The van der Waals surface area contributed by atoms with Gasteiger partial charge >= 0.3 is 5.69 Å². The molecular weight excluding hydrogens is 334 g/mol. The van der Waals surface area contributed by atoms with E-state index in [0.717, 1.165) is 30.6 Å². The van der Waals surface area contributed by atoms with Crippen LogP contribution in [0.4, 0.5) is 0 Å². The molecule has 2 heterocycles. The van der Waals surface area contributed by atoms with Gasteiger partial charge in [-0.05, 0) is 23.6 Å². The standard InChI is InChI=1S/C19H15N3O2S/c1-21-11-13(18(23)22(2)19(21)24)8-10-16-20-17-14-6-4-3-5-12(14)7-9-15(17)25-16/h3-11H,1-2H3/b10-8+. The van der Waals surface area contributed by atoms with Crippen LogP contribution in [-0.2, 0) is 14.1 Å². The minimum absolute atomic E-state index is 0.314. The number of aromatic nitrogens is 3. The smallest absolute Gasteiger partial charge is 0.303 e. The first kappa shape index (κ1) is 15.5. The van der Waals surface area contributed by atoms with E-state index >= 15 is 0 Å². The SMILES string of the molecule is Cn1cc(/C=C/c2nc3c(ccc4ccccc43)s2)c(=O)n(C)c1=O. The van der Waals surface area contributed by atoms with E-state index in [9.17, 15) is 9.59 Å². The maximum atomic E-state index is 12.2. The van der Waals surface area contributed by atoms with Crippen LogP contribution in [0.25, 0.3) is 33.1 Å². The third kappa shape index (κ3) is 2.60. The first-order valence-electron chi connectivity index (χ1n) is 7.77. The second-order valence-corrected chi connectivity index (χ2v) is 6.92. The van der Waals surface area contributed by atoms with E-state index in [1.54, 1.807) is 30.7 Å². The Hall–Kier alpha value is -2.99. The van der Waals surface area contributed by atoms with Gasteiger partial charge in [0, 0.05) is 25.7 Å². The molecule has 0 radical (unpaired) electrons. The number of hydrogen-bond acceptors (Lipinski definition) is 4. The molecule has 0 saturated heterocycles. The number of hydrogen-bond donors (Lipinski definition) is 0. The fraction of sp³-hybridized carbons (Fsp3) is 0.105. The molecule has 124 valence electrons. The molecule has 5 nitrogen and oxygen atoms in total. The highest BCUT2D eigenvalue weighted by atomic mass is 32.1. The van der Waals surface area contributed by atoms with Crippen molar-refractivity contribution < 1.29 is 0 Å². The van der Waals surface area contributed by atoms with Crippen molar-refractivity contribution in [3.05, 3.63) is 74.0 Å². The van der Waals surface area contributed by atoms with Crippen LogP contribution in [0.3, 0.4) is 0 Å². The number of nitrogens with zero attached hydrogens (tertiary/aromatic N) is 3. The summed E-state index contributed by atoms with van der Waals surface area (Å²) >= 11 is 1.57. The monoisotopic (exact) mass is 349 g/mol. The summed E-state index contributed by atoms with van der Waals surface area (Å²) in [5, 5.41) is 3.10. The maximum absolute atomic E-state index is 12.2. The number of fused-ring (bicyclic) bond motifs is 3. The summed E-state index contributed by atoms with van der Waals surface area (Å²) in [4.78, 5) is 28.6. The van der Waals surface area contributed by atoms with Gasteiger partial charge in [-0.15, -0.1) is 11.3 Å². The fourth-order valence-electron chi connectivity index (χ4n) is 2.86. The summed E-state index contributed by atoms with van der Waals surface area (Å²) < 4.78 is 3.60. The Bertz CT molecular complexity index is 1260. The largest absolute Gasteiger partial charge is 0.330 e. The van der Waals surface area contributed by atoms with E-state index in [0.29, 0.717) is 5.56 Å². The van der Waals surface area contributed by atoms with Gasteiger partial charge in [0.05, 0.1) is 15.8 Å². The van der Waals surface area contributed by atoms with Gasteiger partial charge in [0.1, 0.15) is 5.01 Å². The predicted molar refractivity (Wildman–Crippen MR) is 103 cm³/mol. The quantitative estimate of drug-likeness (QED) is 0.559. The molecule has 0 spiro atoms. The van der Waals surface area contributed by atoms with E-state index in [1.807, 2.05) is 18.2 Å². The number of aryl methyl sites for hydroxylation is 1. The minimum atomic E-state index is -0.339. The van der Waals surface area contributed by atoms with Crippen molar-refractivity contribution in [2.75, 3.05) is 0 Å². The van der Waals surface area contributed by atoms with Crippen molar-refractivity contribution in [3.8, 4) is 0 Å². The summed E-state index contributed by atoms with van der Waals surface area (Å²) in [7, 11) is 3.11. The lowest BCUT2D eigenvalue weighted by molar-refractivity contribution is 0.683. The molecule has 0 fully saturated rings.